The molecule has 0 unspecified atom stereocenters. The van der Waals surface area contributed by atoms with Crippen LogP contribution in [0, 0.1) is 6.92 Å². The molecule has 0 atom stereocenters. The molecule has 0 aliphatic heterocycles. The third kappa shape index (κ3) is 7.17. The second kappa shape index (κ2) is 11.3. The van der Waals surface area contributed by atoms with E-state index >= 15 is 0 Å². The highest BCUT2D eigenvalue weighted by Crippen LogP contribution is 2.20. The minimum absolute atomic E-state index is 0.0891. The number of anilines is 2. The van der Waals surface area contributed by atoms with Crippen LogP contribution in [-0.4, -0.2) is 31.1 Å². The number of carbonyl (C=O) groups is 1. The van der Waals surface area contributed by atoms with E-state index in [1.54, 1.807) is 24.3 Å². The van der Waals surface area contributed by atoms with Crippen LogP contribution >= 0.6 is 0 Å². The van der Waals surface area contributed by atoms with Gasteiger partial charge in [-0.1, -0.05) is 48.8 Å². The number of hydrogen-bond donors (Lipinski definition) is 2. The number of nitrogens with one attached hydrogen (secondary N) is 2. The summed E-state index contributed by atoms with van der Waals surface area (Å²) in [4.78, 5) is 16.8. The molecule has 4 aromatic rings. The van der Waals surface area contributed by atoms with Crippen LogP contribution in [0.5, 0.6) is 5.75 Å². The lowest BCUT2D eigenvalue weighted by molar-refractivity contribution is -0.118. The first-order valence-electron chi connectivity index (χ1n) is 11.7. The van der Waals surface area contributed by atoms with Gasteiger partial charge in [0.2, 0.25) is 5.89 Å². The average Bonchev–Trinajstić information content (AvgIpc) is 3.34. The van der Waals surface area contributed by atoms with Crippen molar-refractivity contribution in [3.8, 4) is 5.75 Å². The van der Waals surface area contributed by atoms with Crippen molar-refractivity contribution >= 4 is 27.3 Å². The summed E-state index contributed by atoms with van der Waals surface area (Å²) in [5.74, 6) is 1.42. The second-order valence-electron chi connectivity index (χ2n) is 8.86. The third-order valence-corrected chi connectivity index (χ3v) is 6.78. The van der Waals surface area contributed by atoms with Gasteiger partial charge in [0.05, 0.1) is 4.90 Å². The van der Waals surface area contributed by atoms with Crippen molar-refractivity contribution in [1.82, 2.24) is 10.1 Å². The number of hydrogen-bond acceptors (Lipinski definition) is 7. The fourth-order valence-electron chi connectivity index (χ4n) is 3.36. The Hall–Kier alpha value is -4.18. The predicted octanol–water partition coefficient (Wildman–Crippen LogP) is 4.91. The number of carbonyl (C=O) groups excluding carboxylic acids is 1. The molecule has 0 spiro atoms. The average molecular weight is 521 g/mol. The Kier molecular flexibility index (Phi) is 7.88. The van der Waals surface area contributed by atoms with Gasteiger partial charge in [-0.2, -0.15) is 4.98 Å². The van der Waals surface area contributed by atoms with Gasteiger partial charge in [0, 0.05) is 23.7 Å². The maximum absolute atomic E-state index is 12.6. The van der Waals surface area contributed by atoms with Gasteiger partial charge in [0.15, 0.2) is 12.4 Å². The summed E-state index contributed by atoms with van der Waals surface area (Å²) in [7, 11) is -3.74. The lowest BCUT2D eigenvalue weighted by atomic mass is 10.1. The van der Waals surface area contributed by atoms with Crippen LogP contribution in [0.4, 0.5) is 11.4 Å². The highest BCUT2D eigenvalue weighted by Gasteiger charge is 2.15. The number of benzene rings is 3. The number of aryl methyl sites for hydroxylation is 1. The first-order chi connectivity index (χ1) is 17.7. The van der Waals surface area contributed by atoms with E-state index in [1.165, 1.54) is 24.3 Å². The van der Waals surface area contributed by atoms with Gasteiger partial charge >= 0.3 is 0 Å². The summed E-state index contributed by atoms with van der Waals surface area (Å²) in [5, 5.41) is 6.76. The summed E-state index contributed by atoms with van der Waals surface area (Å²) >= 11 is 0. The molecular formula is C27H28N4O5S. The summed E-state index contributed by atoms with van der Waals surface area (Å²) in [6.45, 7) is 5.68. The van der Waals surface area contributed by atoms with Gasteiger partial charge in [-0.25, -0.2) is 8.42 Å². The molecule has 0 aliphatic carbocycles. The number of sulfonamides is 1. The number of aromatic nitrogens is 2. The Balaban J connectivity index is 1.26. The largest absolute Gasteiger partial charge is 0.484 e. The Morgan fingerprint density at radius 2 is 1.59 bits per heavy atom. The van der Waals surface area contributed by atoms with Gasteiger partial charge in [-0.3, -0.25) is 9.52 Å². The zero-order chi connectivity index (χ0) is 26.4. The second-order valence-corrected chi connectivity index (χ2v) is 10.5. The lowest BCUT2D eigenvalue weighted by Gasteiger charge is -2.10. The van der Waals surface area contributed by atoms with Crippen LogP contribution in [0.25, 0.3) is 0 Å². The molecule has 1 heterocycles. The van der Waals surface area contributed by atoms with Gasteiger partial charge in [-0.15, -0.1) is 0 Å². The van der Waals surface area contributed by atoms with Crippen LogP contribution in [-0.2, 0) is 21.2 Å². The summed E-state index contributed by atoms with van der Waals surface area (Å²) in [6.07, 6.45) is 0.528. The maximum Gasteiger partial charge on any atom is 0.262 e. The van der Waals surface area contributed by atoms with Gasteiger partial charge in [-0.05, 0) is 61.0 Å². The van der Waals surface area contributed by atoms with Crippen LogP contribution in [0.2, 0.25) is 0 Å². The van der Waals surface area contributed by atoms with Crippen molar-refractivity contribution in [1.29, 1.82) is 0 Å². The Morgan fingerprint density at radius 1 is 0.946 bits per heavy atom. The highest BCUT2D eigenvalue weighted by molar-refractivity contribution is 7.92. The van der Waals surface area contributed by atoms with E-state index in [9.17, 15) is 13.2 Å². The zero-order valence-electron chi connectivity index (χ0n) is 20.8. The van der Waals surface area contributed by atoms with Crippen molar-refractivity contribution < 1.29 is 22.5 Å². The van der Waals surface area contributed by atoms with Gasteiger partial charge in [0.1, 0.15) is 5.75 Å². The van der Waals surface area contributed by atoms with Crippen molar-refractivity contribution in [2.24, 2.45) is 0 Å². The van der Waals surface area contributed by atoms with E-state index in [0.717, 1.165) is 11.1 Å². The topological polar surface area (TPSA) is 123 Å². The summed E-state index contributed by atoms with van der Waals surface area (Å²) in [6, 6.07) is 20.3. The Bertz CT molecular complexity index is 1450. The fraction of sp³-hybridized carbons (Fsp3) is 0.222. The molecule has 4 rings (SSSR count). The van der Waals surface area contributed by atoms with E-state index < -0.39 is 10.0 Å². The van der Waals surface area contributed by atoms with Crippen LogP contribution in [0.1, 0.15) is 42.6 Å². The number of amides is 1. The number of ether oxygens (including phenoxy) is 1. The van der Waals surface area contributed by atoms with Gasteiger partial charge in [0.25, 0.3) is 15.9 Å². The Morgan fingerprint density at radius 3 is 2.22 bits per heavy atom. The molecule has 0 saturated heterocycles. The number of nitrogens with zero attached hydrogens (tertiary/aromatic N) is 2. The Labute approximate surface area is 215 Å². The quantitative estimate of drug-likeness (QED) is 0.304. The van der Waals surface area contributed by atoms with Gasteiger partial charge < -0.3 is 14.6 Å². The molecule has 0 fully saturated rings. The molecule has 10 heteroatoms. The molecule has 37 heavy (non-hydrogen) atoms. The monoisotopic (exact) mass is 520 g/mol. The molecule has 0 bridgehead atoms. The van der Waals surface area contributed by atoms with Crippen molar-refractivity contribution in [2.75, 3.05) is 16.6 Å². The van der Waals surface area contributed by atoms with Crippen molar-refractivity contribution in [3.63, 3.8) is 0 Å². The minimum atomic E-state index is -3.74. The normalized spacial score (nSPS) is 11.4. The van der Waals surface area contributed by atoms with E-state index in [-0.39, 0.29) is 23.3 Å². The molecule has 1 amide bonds. The first kappa shape index (κ1) is 25.9. The summed E-state index contributed by atoms with van der Waals surface area (Å²) < 4.78 is 38.5. The maximum atomic E-state index is 12.6. The van der Waals surface area contributed by atoms with Crippen LogP contribution in [0.3, 0.4) is 0 Å². The van der Waals surface area contributed by atoms with E-state index in [2.05, 4.69) is 20.2 Å². The summed E-state index contributed by atoms with van der Waals surface area (Å²) in [5.41, 5.74) is 3.12. The predicted molar refractivity (Wildman–Crippen MR) is 140 cm³/mol. The molecular weight excluding hydrogens is 492 g/mol. The molecule has 3 aromatic carbocycles. The van der Waals surface area contributed by atoms with E-state index in [1.807, 2.05) is 45.0 Å². The molecule has 192 valence electrons. The minimum Gasteiger partial charge on any atom is -0.484 e. The standard InChI is InChI=1S/C27H28N4O5S/c1-18(2)27-29-25(30-36-27)16-20-6-10-21(11-7-20)28-26(32)17-35-23-12-14-24(15-13-23)37(33,34)31-22-8-4-19(3)5-9-22/h4-15,18,31H,16-17H2,1-3H3,(H,28,32). The van der Waals surface area contributed by atoms with E-state index in [0.29, 0.717) is 35.3 Å². The SMILES string of the molecule is Cc1ccc(NS(=O)(=O)c2ccc(OCC(=O)Nc3ccc(Cc4noc(C(C)C)n4)cc3)cc2)cc1. The van der Waals surface area contributed by atoms with E-state index in [4.69, 9.17) is 9.26 Å². The molecule has 0 aliphatic rings. The molecule has 0 radical (unpaired) electrons. The van der Waals surface area contributed by atoms with Crippen LogP contribution in [0.15, 0.2) is 82.2 Å². The number of rotatable bonds is 10. The third-order valence-electron chi connectivity index (χ3n) is 5.39. The van der Waals surface area contributed by atoms with Crippen molar-refractivity contribution in [3.05, 3.63) is 95.6 Å². The lowest BCUT2D eigenvalue weighted by Crippen LogP contribution is -2.20. The molecule has 1 aromatic heterocycles. The molecule has 9 nitrogen and oxygen atoms in total. The zero-order valence-corrected chi connectivity index (χ0v) is 21.6. The fourth-order valence-corrected chi connectivity index (χ4v) is 4.42. The highest BCUT2D eigenvalue weighted by atomic mass is 32.2. The smallest absolute Gasteiger partial charge is 0.262 e. The first-order valence-corrected chi connectivity index (χ1v) is 13.2. The molecule has 0 saturated carbocycles. The van der Waals surface area contributed by atoms with Crippen molar-refractivity contribution in [2.45, 2.75) is 38.0 Å². The van der Waals surface area contributed by atoms with Crippen LogP contribution < -0.4 is 14.8 Å². The molecule has 2 N–H and O–H groups in total.